The van der Waals surface area contributed by atoms with E-state index in [2.05, 4.69) is 0 Å². The number of carboxylic acids is 1. The van der Waals surface area contributed by atoms with Gasteiger partial charge in [-0.2, -0.15) is 0 Å². The van der Waals surface area contributed by atoms with Crippen molar-refractivity contribution in [3.8, 4) is 0 Å². The Morgan fingerprint density at radius 1 is 1.29 bits per heavy atom. The second kappa shape index (κ2) is 4.77. The molecule has 1 atom stereocenters. The lowest BCUT2D eigenvalue weighted by Gasteiger charge is -2.21. The van der Waals surface area contributed by atoms with E-state index >= 15 is 0 Å². The van der Waals surface area contributed by atoms with Crippen molar-refractivity contribution in [2.45, 2.75) is 26.1 Å². The lowest BCUT2D eigenvalue weighted by atomic mass is 10.1. The highest BCUT2D eigenvalue weighted by Crippen LogP contribution is 2.17. The summed E-state index contributed by atoms with van der Waals surface area (Å²) in [5.74, 6) is -1.20. The zero-order chi connectivity index (χ0) is 10.6. The van der Waals surface area contributed by atoms with Gasteiger partial charge in [0.25, 0.3) is 0 Å². The van der Waals surface area contributed by atoms with Crippen LogP contribution in [0, 0.1) is 0 Å². The van der Waals surface area contributed by atoms with E-state index in [1.165, 1.54) is 0 Å². The smallest absolute Gasteiger partial charge is 0.122 e. The Morgan fingerprint density at radius 2 is 1.86 bits per heavy atom. The van der Waals surface area contributed by atoms with Gasteiger partial charge in [-0.1, -0.05) is 30.3 Å². The molecule has 0 amide bonds. The maximum atomic E-state index is 10.8. The highest BCUT2D eigenvalue weighted by molar-refractivity contribution is 5.72. The van der Waals surface area contributed by atoms with Crippen molar-refractivity contribution in [3.63, 3.8) is 0 Å². The van der Waals surface area contributed by atoms with Gasteiger partial charge in [0.15, 0.2) is 0 Å². The van der Waals surface area contributed by atoms with Crippen LogP contribution in [0.25, 0.3) is 0 Å². The van der Waals surface area contributed by atoms with E-state index in [1.807, 2.05) is 6.07 Å². The predicted molar refractivity (Wildman–Crippen MR) is 50.4 cm³/mol. The zero-order valence-electron chi connectivity index (χ0n) is 8.27. The molecule has 0 saturated heterocycles. The average Bonchev–Trinajstić information content (AvgIpc) is 2.15. The molecule has 0 radical (unpaired) electrons. The zero-order valence-corrected chi connectivity index (χ0v) is 8.27. The monoisotopic (exact) mass is 193 g/mol. The van der Waals surface area contributed by atoms with Crippen LogP contribution in [0.4, 0.5) is 0 Å². The number of hydrogen-bond donors (Lipinski definition) is 0. The molecular formula is C11H13O3-. The van der Waals surface area contributed by atoms with Crippen LogP contribution in [0.1, 0.15) is 25.5 Å². The summed E-state index contributed by atoms with van der Waals surface area (Å²) >= 11 is 0. The predicted octanol–water partition coefficient (Wildman–Crippen LogP) is 0.903. The molecule has 0 aliphatic rings. The quantitative estimate of drug-likeness (QED) is 0.714. The van der Waals surface area contributed by atoms with Crippen molar-refractivity contribution in [1.29, 1.82) is 0 Å². The summed E-state index contributed by atoms with van der Waals surface area (Å²) in [6, 6.07) is 8.79. The van der Waals surface area contributed by atoms with Gasteiger partial charge in [0.05, 0.1) is 12.1 Å². The maximum Gasteiger partial charge on any atom is 0.122 e. The van der Waals surface area contributed by atoms with Crippen LogP contribution in [-0.4, -0.2) is 12.1 Å². The number of aliphatic carboxylic acids is 1. The third-order valence-corrected chi connectivity index (χ3v) is 1.72. The number of rotatable bonds is 4. The number of ether oxygens (including phenoxy) is 1. The van der Waals surface area contributed by atoms with Crippen LogP contribution in [0.15, 0.2) is 30.3 Å². The van der Waals surface area contributed by atoms with Gasteiger partial charge in [-0.15, -0.1) is 0 Å². The van der Waals surface area contributed by atoms with E-state index < -0.39 is 12.1 Å². The molecule has 1 aromatic carbocycles. The number of carbonyl (C=O) groups excluding carboxylic acids is 1. The first-order valence-corrected chi connectivity index (χ1v) is 4.52. The summed E-state index contributed by atoms with van der Waals surface area (Å²) < 4.78 is 5.24. The largest absolute Gasteiger partial charge is 0.547 e. The second-order valence-electron chi connectivity index (χ2n) is 3.29. The molecule has 0 aliphatic carbocycles. The molecule has 0 fully saturated rings. The highest BCUT2D eigenvalue weighted by Gasteiger charge is 2.14. The van der Waals surface area contributed by atoms with Gasteiger partial charge in [0, 0.05) is 0 Å². The second-order valence-corrected chi connectivity index (χ2v) is 3.29. The molecule has 0 unspecified atom stereocenters. The Bertz CT molecular complexity index is 293. The van der Waals surface area contributed by atoms with E-state index in [4.69, 9.17) is 4.74 Å². The number of carboxylic acid groups (broad SMARTS) is 1. The third-order valence-electron chi connectivity index (χ3n) is 1.72. The molecule has 0 N–H and O–H groups in total. The molecule has 0 heterocycles. The van der Waals surface area contributed by atoms with Gasteiger partial charge in [-0.05, 0) is 19.4 Å². The molecular weight excluding hydrogens is 180 g/mol. The number of benzene rings is 1. The van der Waals surface area contributed by atoms with Crippen molar-refractivity contribution in [1.82, 2.24) is 0 Å². The summed E-state index contributed by atoms with van der Waals surface area (Å²) in [5, 5.41) is 10.8. The Morgan fingerprint density at radius 3 is 2.29 bits per heavy atom. The fourth-order valence-electron chi connectivity index (χ4n) is 1.17. The van der Waals surface area contributed by atoms with Crippen LogP contribution in [0.2, 0.25) is 0 Å². The van der Waals surface area contributed by atoms with Crippen molar-refractivity contribution < 1.29 is 14.6 Å². The van der Waals surface area contributed by atoms with Crippen LogP contribution in [-0.2, 0) is 9.53 Å². The van der Waals surface area contributed by atoms with E-state index in [-0.39, 0.29) is 6.10 Å². The van der Waals surface area contributed by atoms with Crippen LogP contribution in [0.3, 0.4) is 0 Å². The highest BCUT2D eigenvalue weighted by atomic mass is 16.5. The maximum absolute atomic E-state index is 10.8. The fraction of sp³-hybridized carbons (Fsp3) is 0.364. The summed E-state index contributed by atoms with van der Waals surface area (Å²) in [6.07, 6.45) is -1.12. The Labute approximate surface area is 83.3 Å². The molecule has 3 heteroatoms. The van der Waals surface area contributed by atoms with Crippen LogP contribution in [0.5, 0.6) is 0 Å². The Balaban J connectivity index is 2.84. The van der Waals surface area contributed by atoms with E-state index in [0.29, 0.717) is 5.56 Å². The van der Waals surface area contributed by atoms with Crippen molar-refractivity contribution >= 4 is 5.97 Å². The number of hydrogen-bond acceptors (Lipinski definition) is 3. The minimum atomic E-state index is -1.20. The molecule has 0 bridgehead atoms. The van der Waals surface area contributed by atoms with Crippen LogP contribution >= 0.6 is 0 Å². The summed E-state index contributed by atoms with van der Waals surface area (Å²) in [7, 11) is 0. The first kappa shape index (κ1) is 10.7. The van der Waals surface area contributed by atoms with Gasteiger partial charge < -0.3 is 14.6 Å². The lowest BCUT2D eigenvalue weighted by Crippen LogP contribution is -2.32. The fourth-order valence-corrected chi connectivity index (χ4v) is 1.17. The molecule has 0 aliphatic heterocycles. The molecule has 76 valence electrons. The summed E-state index contributed by atoms with van der Waals surface area (Å²) in [5.41, 5.74) is 0.612. The standard InChI is InChI=1S/C11H14O3/c1-8(2)14-10(11(12)13)9-6-4-3-5-7-9/h3-8,10H,1-2H3,(H,12,13)/p-1/t10-/m1/s1. The average molecular weight is 193 g/mol. The molecule has 14 heavy (non-hydrogen) atoms. The van der Waals surface area contributed by atoms with E-state index in [9.17, 15) is 9.90 Å². The van der Waals surface area contributed by atoms with Crippen molar-refractivity contribution in [2.24, 2.45) is 0 Å². The Hall–Kier alpha value is -1.35. The van der Waals surface area contributed by atoms with Gasteiger partial charge in [-0.3, -0.25) is 0 Å². The van der Waals surface area contributed by atoms with Crippen molar-refractivity contribution in [3.05, 3.63) is 35.9 Å². The number of carbonyl (C=O) groups is 1. The van der Waals surface area contributed by atoms with Crippen molar-refractivity contribution in [2.75, 3.05) is 0 Å². The molecule has 0 saturated carbocycles. The van der Waals surface area contributed by atoms with E-state index in [0.717, 1.165) is 0 Å². The molecule has 3 nitrogen and oxygen atoms in total. The first-order chi connectivity index (χ1) is 6.61. The van der Waals surface area contributed by atoms with Gasteiger partial charge >= 0.3 is 0 Å². The first-order valence-electron chi connectivity index (χ1n) is 4.52. The Kier molecular flexibility index (Phi) is 3.65. The minimum absolute atomic E-state index is 0.141. The van der Waals surface area contributed by atoms with Gasteiger partial charge in [0.2, 0.25) is 0 Å². The molecule has 0 aromatic heterocycles. The lowest BCUT2D eigenvalue weighted by molar-refractivity contribution is -0.318. The normalized spacial score (nSPS) is 12.8. The molecule has 1 aromatic rings. The van der Waals surface area contributed by atoms with Gasteiger partial charge in [0.1, 0.15) is 6.10 Å². The van der Waals surface area contributed by atoms with Crippen LogP contribution < -0.4 is 5.11 Å². The van der Waals surface area contributed by atoms with E-state index in [1.54, 1.807) is 38.1 Å². The summed E-state index contributed by atoms with van der Waals surface area (Å²) in [4.78, 5) is 10.8. The molecule has 1 rings (SSSR count). The molecule has 0 spiro atoms. The summed E-state index contributed by atoms with van der Waals surface area (Å²) in [6.45, 7) is 3.58. The SMILES string of the molecule is CC(C)O[C@@H](C(=O)[O-])c1ccccc1. The third kappa shape index (κ3) is 2.85. The topological polar surface area (TPSA) is 49.4 Å². The minimum Gasteiger partial charge on any atom is -0.547 e. The van der Waals surface area contributed by atoms with Gasteiger partial charge in [-0.25, -0.2) is 0 Å².